The summed E-state index contributed by atoms with van der Waals surface area (Å²) < 4.78 is 11.1. The highest BCUT2D eigenvalue weighted by Gasteiger charge is 2.05. The van der Waals surface area contributed by atoms with Gasteiger partial charge in [-0.3, -0.25) is 4.79 Å². The van der Waals surface area contributed by atoms with Gasteiger partial charge in [-0.25, -0.2) is 4.98 Å². The molecule has 0 aliphatic carbocycles. The maximum atomic E-state index is 11.9. The molecule has 1 aromatic heterocycles. The average Bonchev–Trinajstić information content (AvgIpc) is 2.68. The maximum absolute atomic E-state index is 11.9. The number of nitrogens with one attached hydrogen (secondary N) is 1. The van der Waals surface area contributed by atoms with Gasteiger partial charge in [0, 0.05) is 23.8 Å². The lowest BCUT2D eigenvalue weighted by atomic mass is 10.2. The molecule has 0 spiro atoms. The van der Waals surface area contributed by atoms with Gasteiger partial charge in [-0.15, -0.1) is 0 Å². The summed E-state index contributed by atoms with van der Waals surface area (Å²) in [4.78, 5) is 16.0. The van der Waals surface area contributed by atoms with Gasteiger partial charge in [0.25, 0.3) is 5.91 Å². The van der Waals surface area contributed by atoms with Gasteiger partial charge in [-0.1, -0.05) is 35.9 Å². The smallest absolute Gasteiger partial charge is 0.258 e. The summed E-state index contributed by atoms with van der Waals surface area (Å²) in [7, 11) is 0. The summed E-state index contributed by atoms with van der Waals surface area (Å²) in [5.41, 5.74) is 0.860. The highest BCUT2D eigenvalue weighted by Crippen LogP contribution is 2.22. The lowest BCUT2D eigenvalue weighted by molar-refractivity contribution is -0.123. The number of pyridine rings is 1. The predicted molar refractivity (Wildman–Crippen MR) is 99.5 cm³/mol. The molecule has 3 rings (SSSR count). The minimum atomic E-state index is -0.223. The fourth-order valence-electron chi connectivity index (χ4n) is 2.17. The standard InChI is InChI=1S/C20H17ClN2O3/c21-18-6-2-1-5-15(18)13-23-19(24)14-25-16-8-10-17(11-9-16)26-20-7-3-4-12-22-20/h1-12H,13-14H2,(H,23,24). The minimum absolute atomic E-state index is 0.0785. The molecule has 0 unspecified atom stereocenters. The average molecular weight is 369 g/mol. The van der Waals surface area contributed by atoms with E-state index in [1.807, 2.05) is 30.3 Å². The van der Waals surface area contributed by atoms with Gasteiger partial charge in [-0.05, 0) is 42.0 Å². The first-order chi connectivity index (χ1) is 12.7. The Kier molecular flexibility index (Phi) is 6.06. The van der Waals surface area contributed by atoms with Gasteiger partial charge in [-0.2, -0.15) is 0 Å². The van der Waals surface area contributed by atoms with Crippen molar-refractivity contribution >= 4 is 17.5 Å². The van der Waals surface area contributed by atoms with Crippen LogP contribution in [-0.2, 0) is 11.3 Å². The van der Waals surface area contributed by atoms with Crippen molar-refractivity contribution < 1.29 is 14.3 Å². The van der Waals surface area contributed by atoms with Gasteiger partial charge < -0.3 is 14.8 Å². The van der Waals surface area contributed by atoms with Crippen molar-refractivity contribution in [1.29, 1.82) is 0 Å². The molecule has 26 heavy (non-hydrogen) atoms. The number of nitrogens with zero attached hydrogens (tertiary/aromatic N) is 1. The van der Waals surface area contributed by atoms with E-state index in [1.54, 1.807) is 42.6 Å². The van der Waals surface area contributed by atoms with Crippen molar-refractivity contribution in [2.24, 2.45) is 0 Å². The Morgan fingerprint density at radius 1 is 0.962 bits per heavy atom. The van der Waals surface area contributed by atoms with Gasteiger partial charge in [0.2, 0.25) is 5.88 Å². The summed E-state index contributed by atoms with van der Waals surface area (Å²) in [6.45, 7) is 0.281. The van der Waals surface area contributed by atoms with Crippen molar-refractivity contribution in [2.45, 2.75) is 6.54 Å². The first-order valence-corrected chi connectivity index (χ1v) is 8.40. The number of benzene rings is 2. The molecule has 2 aromatic carbocycles. The second kappa shape index (κ2) is 8.87. The quantitative estimate of drug-likeness (QED) is 0.678. The Labute approximate surface area is 156 Å². The van der Waals surface area contributed by atoms with Crippen LogP contribution in [0, 0.1) is 0 Å². The zero-order valence-corrected chi connectivity index (χ0v) is 14.6. The molecular weight excluding hydrogens is 352 g/mol. The van der Waals surface area contributed by atoms with Crippen LogP contribution in [0.15, 0.2) is 72.9 Å². The van der Waals surface area contributed by atoms with E-state index in [9.17, 15) is 4.79 Å². The van der Waals surface area contributed by atoms with Crippen LogP contribution in [0.1, 0.15) is 5.56 Å². The van der Waals surface area contributed by atoms with E-state index >= 15 is 0 Å². The molecule has 0 aliphatic heterocycles. The lowest BCUT2D eigenvalue weighted by Crippen LogP contribution is -2.28. The molecule has 132 valence electrons. The molecule has 1 heterocycles. The van der Waals surface area contributed by atoms with Crippen LogP contribution in [0.2, 0.25) is 5.02 Å². The van der Waals surface area contributed by atoms with Crippen molar-refractivity contribution in [3.05, 3.63) is 83.5 Å². The third-order valence-corrected chi connectivity index (χ3v) is 3.86. The molecule has 0 bridgehead atoms. The van der Waals surface area contributed by atoms with Crippen molar-refractivity contribution in [3.63, 3.8) is 0 Å². The second-order valence-corrected chi connectivity index (χ2v) is 5.81. The van der Waals surface area contributed by atoms with Gasteiger partial charge >= 0.3 is 0 Å². The van der Waals surface area contributed by atoms with E-state index in [0.29, 0.717) is 28.9 Å². The Bertz CT molecular complexity index is 854. The van der Waals surface area contributed by atoms with E-state index in [0.717, 1.165) is 5.56 Å². The first-order valence-electron chi connectivity index (χ1n) is 8.02. The van der Waals surface area contributed by atoms with E-state index < -0.39 is 0 Å². The van der Waals surface area contributed by atoms with Gasteiger partial charge in [0.05, 0.1) is 0 Å². The molecule has 0 fully saturated rings. The van der Waals surface area contributed by atoms with Crippen molar-refractivity contribution in [2.75, 3.05) is 6.61 Å². The van der Waals surface area contributed by atoms with Gasteiger partial charge in [0.1, 0.15) is 11.5 Å². The van der Waals surface area contributed by atoms with E-state index in [1.165, 1.54) is 0 Å². The van der Waals surface area contributed by atoms with Crippen LogP contribution in [0.3, 0.4) is 0 Å². The molecule has 0 aliphatic rings. The molecule has 6 heteroatoms. The normalized spacial score (nSPS) is 10.2. The number of halogens is 1. The maximum Gasteiger partial charge on any atom is 0.258 e. The number of carbonyl (C=O) groups is 1. The molecule has 0 saturated heterocycles. The zero-order chi connectivity index (χ0) is 18.2. The third-order valence-electron chi connectivity index (χ3n) is 3.49. The van der Waals surface area contributed by atoms with E-state index in [2.05, 4.69) is 10.3 Å². The van der Waals surface area contributed by atoms with Crippen LogP contribution in [0.5, 0.6) is 17.4 Å². The first kappa shape index (κ1) is 17.8. The number of rotatable bonds is 7. The summed E-state index contributed by atoms with van der Waals surface area (Å²) in [5, 5.41) is 3.40. The number of aromatic nitrogens is 1. The molecular formula is C20H17ClN2O3. The summed E-state index contributed by atoms with van der Waals surface area (Å²) in [6, 6.07) is 19.8. The highest BCUT2D eigenvalue weighted by molar-refractivity contribution is 6.31. The molecule has 1 amide bonds. The lowest BCUT2D eigenvalue weighted by Gasteiger charge is -2.09. The van der Waals surface area contributed by atoms with Gasteiger partial charge in [0.15, 0.2) is 6.61 Å². The molecule has 1 N–H and O–H groups in total. The molecule has 5 nitrogen and oxygen atoms in total. The minimum Gasteiger partial charge on any atom is -0.484 e. The fraction of sp³-hybridized carbons (Fsp3) is 0.100. The van der Waals surface area contributed by atoms with Crippen molar-refractivity contribution in [1.82, 2.24) is 10.3 Å². The van der Waals surface area contributed by atoms with Crippen LogP contribution in [0.25, 0.3) is 0 Å². The Morgan fingerprint density at radius 3 is 2.42 bits per heavy atom. The number of carbonyl (C=O) groups excluding carboxylic acids is 1. The Morgan fingerprint density at radius 2 is 1.69 bits per heavy atom. The summed E-state index contributed by atoms with van der Waals surface area (Å²) in [6.07, 6.45) is 1.66. The monoisotopic (exact) mass is 368 g/mol. The highest BCUT2D eigenvalue weighted by atomic mass is 35.5. The second-order valence-electron chi connectivity index (χ2n) is 5.40. The molecule has 0 atom stereocenters. The van der Waals surface area contributed by atoms with Crippen LogP contribution in [0.4, 0.5) is 0 Å². The Hall–Kier alpha value is -3.05. The SMILES string of the molecule is O=C(COc1ccc(Oc2ccccn2)cc1)NCc1ccccc1Cl. The Balaban J connectivity index is 1.45. The zero-order valence-electron chi connectivity index (χ0n) is 13.9. The van der Waals surface area contributed by atoms with Crippen LogP contribution >= 0.6 is 11.6 Å². The molecule has 0 saturated carbocycles. The number of hydrogen-bond acceptors (Lipinski definition) is 4. The van der Waals surface area contributed by atoms with E-state index in [-0.39, 0.29) is 12.5 Å². The number of amides is 1. The van der Waals surface area contributed by atoms with Crippen molar-refractivity contribution in [3.8, 4) is 17.4 Å². The fourth-order valence-corrected chi connectivity index (χ4v) is 2.37. The van der Waals surface area contributed by atoms with Crippen LogP contribution in [-0.4, -0.2) is 17.5 Å². The largest absolute Gasteiger partial charge is 0.484 e. The molecule has 3 aromatic rings. The number of hydrogen-bond donors (Lipinski definition) is 1. The number of ether oxygens (including phenoxy) is 2. The van der Waals surface area contributed by atoms with Crippen LogP contribution < -0.4 is 14.8 Å². The summed E-state index contributed by atoms with van der Waals surface area (Å²) in [5.74, 6) is 1.50. The molecule has 0 radical (unpaired) electrons. The predicted octanol–water partition coefficient (Wildman–Crippen LogP) is 4.22. The third kappa shape index (κ3) is 5.22. The topological polar surface area (TPSA) is 60.5 Å². The van der Waals surface area contributed by atoms with E-state index in [4.69, 9.17) is 21.1 Å². The summed E-state index contributed by atoms with van der Waals surface area (Å²) >= 11 is 6.05.